The van der Waals surface area contributed by atoms with Crippen LogP contribution in [-0.2, 0) is 3.83 Å². The van der Waals surface area contributed by atoms with Crippen LogP contribution in [0.25, 0.3) is 0 Å². The van der Waals surface area contributed by atoms with Crippen LogP contribution in [0.5, 0.6) is 0 Å². The second-order valence-electron chi connectivity index (χ2n) is 0.204. The Morgan fingerprint density at radius 3 is 1.50 bits per heavy atom. The molecule has 34 valence electrons. The second kappa shape index (κ2) is 9.26. The first kappa shape index (κ1) is 9.93. The first-order valence-corrected chi connectivity index (χ1v) is 3.73. The molecule has 0 heterocycles. The Morgan fingerprint density at radius 2 is 1.50 bits per heavy atom. The van der Waals surface area contributed by atoms with Crippen molar-refractivity contribution in [2.75, 3.05) is 0 Å². The summed E-state index contributed by atoms with van der Waals surface area (Å²) in [5.41, 5.74) is 0. The third-order valence-electron chi connectivity index (χ3n) is 0. The molecule has 0 atom stereocenters. The second-order valence-corrected chi connectivity index (χ2v) is 1.06. The molecule has 0 unspecified atom stereocenters. The molecule has 0 aromatic carbocycles. The normalized spacial score (nSPS) is 7.00. The summed E-state index contributed by atoms with van der Waals surface area (Å²) in [6.45, 7) is 0. The molecule has 0 aliphatic heterocycles. The van der Waals surface area contributed by atoms with Gasteiger partial charge in [-0.3, -0.25) is 0 Å². The Balaban J connectivity index is 0. The van der Waals surface area contributed by atoms with E-state index < -0.39 is 14.5 Å². The Bertz CT molecular complexity index is 33.8. The fraction of sp³-hybridized carbons (Fsp3) is 0. The molecule has 0 aromatic rings. The summed E-state index contributed by atoms with van der Waals surface area (Å²) in [4.78, 5) is 0. The van der Waals surface area contributed by atoms with Gasteiger partial charge in [0.25, 0.3) is 0 Å². The van der Waals surface area contributed by atoms with Gasteiger partial charge < -0.3 is 0 Å². The molecule has 0 saturated heterocycles. The van der Waals surface area contributed by atoms with Crippen LogP contribution in [0, 0.1) is 0 Å². The zero-order chi connectivity index (χ0) is 5.58. The maximum atomic E-state index is 9.56. The predicted octanol–water partition coefficient (Wildman–Crippen LogP) is -2.84. The van der Waals surface area contributed by atoms with E-state index in [-0.39, 0.29) is 19.1 Å². The molecule has 0 aromatic heterocycles. The van der Waals surface area contributed by atoms with E-state index in [1.54, 1.807) is 0 Å². The Kier molecular flexibility index (Phi) is 15.3. The van der Waals surface area contributed by atoms with Crippen LogP contribution in [0.4, 0.5) is 3.29 Å². The van der Waals surface area contributed by atoms with Crippen molar-refractivity contribution in [3.8, 4) is 0 Å². The molecule has 0 saturated carbocycles. The Hall–Kier alpha value is 0.806. The van der Waals surface area contributed by atoms with Crippen LogP contribution in [0.1, 0.15) is 0 Å². The van der Waals surface area contributed by atoms with Crippen molar-refractivity contribution in [2.45, 2.75) is 0 Å². The molecule has 3 nitrogen and oxygen atoms in total. The summed E-state index contributed by atoms with van der Waals surface area (Å²) in [7, 11) is 0. The third kappa shape index (κ3) is 107. The molecule has 0 spiro atoms. The molecule has 0 fully saturated rings. The van der Waals surface area contributed by atoms with Gasteiger partial charge in [-0.25, -0.2) is 0 Å². The van der Waals surface area contributed by atoms with Crippen molar-refractivity contribution in [3.63, 3.8) is 0 Å². The van der Waals surface area contributed by atoms with Crippen LogP contribution < -0.4 is 8.38 Å². The van der Waals surface area contributed by atoms with Gasteiger partial charge in [-0.15, -0.1) is 0 Å². The minimum atomic E-state index is -3.79. The molecule has 0 aliphatic rings. The fourth-order valence-corrected chi connectivity index (χ4v) is 0. The molecule has 6 heteroatoms. The third-order valence-corrected chi connectivity index (χ3v) is 0. The number of rotatable bonds is 0. The average Bonchev–Trinajstić information content (AvgIpc) is 1.41. The van der Waals surface area contributed by atoms with Gasteiger partial charge in [-0.05, 0) is 0 Å². The maximum absolute atomic E-state index is 9.56. The van der Waals surface area contributed by atoms with E-state index in [0.717, 1.165) is 0 Å². The Morgan fingerprint density at radius 1 is 1.50 bits per heavy atom. The molecule has 0 radical (unpaired) electrons. The van der Waals surface area contributed by atoms with Gasteiger partial charge in [0, 0.05) is 0 Å². The monoisotopic (exact) mass is 216 g/mol. The van der Waals surface area contributed by atoms with Crippen molar-refractivity contribution in [2.24, 2.45) is 0 Å². The summed E-state index contributed by atoms with van der Waals surface area (Å²) >= 11 is -3.60. The van der Waals surface area contributed by atoms with E-state index in [4.69, 9.17) is 12.2 Å². The molecule has 0 rings (SSSR count). The van der Waals surface area contributed by atoms with Crippen LogP contribution in [0.15, 0.2) is 0 Å². The van der Waals surface area contributed by atoms with Crippen molar-refractivity contribution in [1.29, 1.82) is 0 Å². The molecule has 0 bridgehead atoms. The quantitative estimate of drug-likeness (QED) is 0.409. The van der Waals surface area contributed by atoms with Gasteiger partial charge in [0.2, 0.25) is 0 Å². The van der Waals surface area contributed by atoms with Gasteiger partial charge in [-0.2, -0.15) is 0 Å². The standard InChI is InChI=1S/FH.Ga.H2O3Se/c;;1-4(2)3/h1H;;(H2,1,2,3)/q;+3;/p-3. The van der Waals surface area contributed by atoms with Crippen molar-refractivity contribution >= 4 is 33.6 Å². The summed E-state index contributed by atoms with van der Waals surface area (Å²) in [6, 6.07) is 0. The molecule has 0 amide bonds. The summed E-state index contributed by atoms with van der Waals surface area (Å²) in [5, 5.41) is 0. The van der Waals surface area contributed by atoms with Crippen molar-refractivity contribution < 1.29 is 15.5 Å². The molecular formula is FGaO3Se. The molecule has 6 heavy (non-hydrogen) atoms. The zero-order valence-electron chi connectivity index (χ0n) is 2.59. The number of halogens is 1. The van der Waals surface area contributed by atoms with E-state index in [1.165, 1.54) is 0 Å². The van der Waals surface area contributed by atoms with Gasteiger partial charge >= 0.3 is 49.1 Å². The summed E-state index contributed by atoms with van der Waals surface area (Å²) < 4.78 is 35.2. The summed E-state index contributed by atoms with van der Waals surface area (Å²) in [5.74, 6) is 0. The van der Waals surface area contributed by atoms with Crippen LogP contribution in [-0.4, -0.2) is 33.6 Å². The van der Waals surface area contributed by atoms with Gasteiger partial charge in [0.05, 0.1) is 0 Å². The van der Waals surface area contributed by atoms with Crippen LogP contribution in [0.2, 0.25) is 0 Å². The minimum absolute atomic E-state index is 0.188. The predicted molar refractivity (Wildman–Crippen MR) is 13.3 cm³/mol. The van der Waals surface area contributed by atoms with Crippen molar-refractivity contribution in [1.82, 2.24) is 0 Å². The van der Waals surface area contributed by atoms with Crippen LogP contribution in [0.3, 0.4) is 0 Å². The molecule has 0 aliphatic carbocycles. The van der Waals surface area contributed by atoms with Crippen LogP contribution >= 0.6 is 0 Å². The fourth-order valence-electron chi connectivity index (χ4n) is 0. The van der Waals surface area contributed by atoms with E-state index in [1.807, 2.05) is 0 Å². The first-order chi connectivity index (χ1) is 2.73. The molecular weight excluding hydrogens is 216 g/mol. The topological polar surface area (TPSA) is 63.2 Å². The summed E-state index contributed by atoms with van der Waals surface area (Å²) in [6.07, 6.45) is 0. The van der Waals surface area contributed by atoms with E-state index >= 15 is 0 Å². The Labute approximate surface area is 49.4 Å². The average molecular weight is 216 g/mol. The van der Waals surface area contributed by atoms with Gasteiger partial charge in [0.15, 0.2) is 0 Å². The van der Waals surface area contributed by atoms with E-state index in [2.05, 4.69) is 0 Å². The SMILES string of the molecule is O=[Se]([O-])[O-].[F][Ga+2]. The van der Waals surface area contributed by atoms with Gasteiger partial charge in [-0.1, -0.05) is 0 Å². The van der Waals surface area contributed by atoms with Crippen molar-refractivity contribution in [3.05, 3.63) is 0 Å². The van der Waals surface area contributed by atoms with Gasteiger partial charge in [0.1, 0.15) is 0 Å². The number of hydrogen-bond acceptors (Lipinski definition) is 3. The first-order valence-electron chi connectivity index (χ1n) is 0.718. The molecule has 0 N–H and O–H groups in total. The van der Waals surface area contributed by atoms with E-state index in [9.17, 15) is 3.29 Å². The number of hydrogen-bond donors (Lipinski definition) is 0. The van der Waals surface area contributed by atoms with E-state index in [0.29, 0.717) is 0 Å². The zero-order valence-corrected chi connectivity index (χ0v) is 6.72.